The molecule has 0 saturated carbocycles. The van der Waals surface area contributed by atoms with Crippen molar-refractivity contribution in [2.24, 2.45) is 0 Å². The number of hydrogen-bond donors (Lipinski definition) is 7. The summed E-state index contributed by atoms with van der Waals surface area (Å²) in [5, 5.41) is 57.0. The summed E-state index contributed by atoms with van der Waals surface area (Å²) in [6.45, 7) is 0. The quantitative estimate of drug-likeness (QED) is 0.169. The fourth-order valence-electron chi connectivity index (χ4n) is 0.280. The van der Waals surface area contributed by atoms with Crippen LogP contribution in [0.4, 0.5) is 0 Å². The molecule has 7 heteroatoms. The SMILES string of the molecule is O/C(=C\C(O)(O)O)C(O)(O)O. The average Bonchev–Trinajstić information content (AvgIpc) is 1.56. The van der Waals surface area contributed by atoms with Crippen LogP contribution in [-0.4, -0.2) is 47.7 Å². The molecule has 0 aromatic heterocycles. The molecule has 7 nitrogen and oxygen atoms in total. The van der Waals surface area contributed by atoms with Crippen molar-refractivity contribution in [1.29, 1.82) is 0 Å². The number of rotatable bonds is 2. The average molecular weight is 168 g/mol. The molecule has 0 spiro atoms. The molecule has 0 heterocycles. The second kappa shape index (κ2) is 2.74. The van der Waals surface area contributed by atoms with Crippen molar-refractivity contribution < 1.29 is 35.7 Å². The van der Waals surface area contributed by atoms with E-state index in [-0.39, 0.29) is 6.08 Å². The van der Waals surface area contributed by atoms with Crippen LogP contribution >= 0.6 is 0 Å². The van der Waals surface area contributed by atoms with Gasteiger partial charge >= 0.3 is 11.9 Å². The Kier molecular flexibility index (Phi) is 2.56. The molecule has 0 atom stereocenters. The minimum Gasteiger partial charge on any atom is -0.505 e. The number of hydrogen-bond acceptors (Lipinski definition) is 7. The number of aliphatic hydroxyl groups is 7. The van der Waals surface area contributed by atoms with Gasteiger partial charge in [0.1, 0.15) is 0 Å². The van der Waals surface area contributed by atoms with E-state index in [1.54, 1.807) is 0 Å². The van der Waals surface area contributed by atoms with E-state index in [1.165, 1.54) is 0 Å². The normalized spacial score (nSPS) is 15.3. The van der Waals surface area contributed by atoms with Crippen molar-refractivity contribution in [3.8, 4) is 0 Å². The Hall–Kier alpha value is -0.700. The summed E-state index contributed by atoms with van der Waals surface area (Å²) in [6.07, 6.45) is -0.174. The zero-order valence-corrected chi connectivity index (χ0v) is 5.21. The standard InChI is InChI=1S/C4H8O7/c5-2(4(9,10)11)1-3(6,7)8/h1,5-11H/b2-1-. The lowest BCUT2D eigenvalue weighted by atomic mass is 10.3. The van der Waals surface area contributed by atoms with Crippen LogP contribution in [0.5, 0.6) is 0 Å². The van der Waals surface area contributed by atoms with Gasteiger partial charge in [0.05, 0.1) is 6.08 Å². The van der Waals surface area contributed by atoms with E-state index < -0.39 is 17.7 Å². The van der Waals surface area contributed by atoms with Crippen molar-refractivity contribution in [3.05, 3.63) is 11.8 Å². The Balaban J connectivity index is 4.49. The Labute approximate surface area is 60.7 Å². The van der Waals surface area contributed by atoms with Gasteiger partial charge in [-0.1, -0.05) is 0 Å². The van der Waals surface area contributed by atoms with Crippen LogP contribution < -0.4 is 0 Å². The maximum absolute atomic E-state index is 8.35. The molecule has 0 fully saturated rings. The maximum atomic E-state index is 8.35. The lowest BCUT2D eigenvalue weighted by Gasteiger charge is -2.15. The van der Waals surface area contributed by atoms with Gasteiger partial charge in [-0.15, -0.1) is 0 Å². The molecule has 0 aliphatic rings. The molecule has 66 valence electrons. The third kappa shape index (κ3) is 4.67. The number of aliphatic hydroxyl groups excluding tert-OH is 1. The highest BCUT2D eigenvalue weighted by Gasteiger charge is 2.29. The molecule has 0 saturated heterocycles. The van der Waals surface area contributed by atoms with Crippen molar-refractivity contribution in [3.63, 3.8) is 0 Å². The van der Waals surface area contributed by atoms with E-state index in [0.29, 0.717) is 0 Å². The smallest absolute Gasteiger partial charge is 0.337 e. The highest BCUT2D eigenvalue weighted by atomic mass is 16.7. The first-order chi connectivity index (χ1) is 4.63. The predicted octanol–water partition coefficient (Wildman–Crippen LogP) is -3.31. The highest BCUT2D eigenvalue weighted by Crippen LogP contribution is 2.09. The van der Waals surface area contributed by atoms with Crippen molar-refractivity contribution >= 4 is 0 Å². The zero-order valence-electron chi connectivity index (χ0n) is 5.21. The molecule has 0 aromatic carbocycles. The summed E-state index contributed by atoms with van der Waals surface area (Å²) in [5.41, 5.74) is 0. The molecule has 0 unspecified atom stereocenters. The molecule has 0 rings (SSSR count). The first-order valence-electron chi connectivity index (χ1n) is 2.39. The van der Waals surface area contributed by atoms with Crippen molar-refractivity contribution in [2.75, 3.05) is 0 Å². The van der Waals surface area contributed by atoms with E-state index >= 15 is 0 Å². The summed E-state index contributed by atoms with van der Waals surface area (Å²) in [5.74, 6) is -8.62. The van der Waals surface area contributed by atoms with E-state index in [2.05, 4.69) is 0 Å². The minimum atomic E-state index is -3.60. The van der Waals surface area contributed by atoms with E-state index in [4.69, 9.17) is 35.7 Å². The lowest BCUT2D eigenvalue weighted by molar-refractivity contribution is -0.308. The van der Waals surface area contributed by atoms with Gasteiger partial charge in [-0.25, -0.2) is 0 Å². The molecular weight excluding hydrogens is 160 g/mol. The van der Waals surface area contributed by atoms with Crippen LogP contribution in [0.25, 0.3) is 0 Å². The fraction of sp³-hybridized carbons (Fsp3) is 0.500. The fourth-order valence-corrected chi connectivity index (χ4v) is 0.280. The van der Waals surface area contributed by atoms with Crippen LogP contribution in [0.15, 0.2) is 11.8 Å². The third-order valence-electron chi connectivity index (χ3n) is 0.674. The molecule has 11 heavy (non-hydrogen) atoms. The van der Waals surface area contributed by atoms with Gasteiger partial charge in [-0.2, -0.15) is 0 Å². The third-order valence-corrected chi connectivity index (χ3v) is 0.674. The Morgan fingerprint density at radius 1 is 0.909 bits per heavy atom. The molecule has 0 bridgehead atoms. The highest BCUT2D eigenvalue weighted by molar-refractivity contribution is 5.00. The Morgan fingerprint density at radius 3 is 1.36 bits per heavy atom. The zero-order chi connectivity index (χ0) is 9.28. The summed E-state index contributed by atoms with van der Waals surface area (Å²) in [7, 11) is 0. The summed E-state index contributed by atoms with van der Waals surface area (Å²) < 4.78 is 0. The first-order valence-corrected chi connectivity index (χ1v) is 2.39. The molecule has 0 aliphatic carbocycles. The minimum absolute atomic E-state index is 0.174. The van der Waals surface area contributed by atoms with Gasteiger partial charge in [0, 0.05) is 0 Å². The van der Waals surface area contributed by atoms with Crippen molar-refractivity contribution in [2.45, 2.75) is 11.9 Å². The molecular formula is C4H8O7. The van der Waals surface area contributed by atoms with Gasteiger partial charge in [0.2, 0.25) is 0 Å². The molecule has 0 aliphatic heterocycles. The van der Waals surface area contributed by atoms with E-state index in [1.807, 2.05) is 0 Å². The van der Waals surface area contributed by atoms with Gasteiger partial charge in [0.25, 0.3) is 0 Å². The molecule has 7 N–H and O–H groups in total. The first kappa shape index (κ1) is 10.3. The predicted molar refractivity (Wildman–Crippen MR) is 29.5 cm³/mol. The van der Waals surface area contributed by atoms with Gasteiger partial charge in [-0.05, 0) is 0 Å². The van der Waals surface area contributed by atoms with Gasteiger partial charge in [-0.3, -0.25) is 0 Å². The molecule has 0 aromatic rings. The van der Waals surface area contributed by atoms with Crippen LogP contribution in [-0.2, 0) is 0 Å². The van der Waals surface area contributed by atoms with Crippen LogP contribution in [0.1, 0.15) is 0 Å². The van der Waals surface area contributed by atoms with E-state index in [9.17, 15) is 0 Å². The van der Waals surface area contributed by atoms with Gasteiger partial charge in [0.15, 0.2) is 5.76 Å². The van der Waals surface area contributed by atoms with Gasteiger partial charge < -0.3 is 35.7 Å². The lowest BCUT2D eigenvalue weighted by Crippen LogP contribution is -2.34. The topological polar surface area (TPSA) is 142 Å². The molecule has 0 radical (unpaired) electrons. The Morgan fingerprint density at radius 2 is 1.27 bits per heavy atom. The maximum Gasteiger partial charge on any atom is 0.337 e. The second-order valence-electron chi connectivity index (χ2n) is 1.85. The second-order valence-corrected chi connectivity index (χ2v) is 1.85. The van der Waals surface area contributed by atoms with Crippen LogP contribution in [0.2, 0.25) is 0 Å². The monoisotopic (exact) mass is 168 g/mol. The summed E-state index contributed by atoms with van der Waals surface area (Å²) in [4.78, 5) is 0. The van der Waals surface area contributed by atoms with Crippen LogP contribution in [0.3, 0.4) is 0 Å². The van der Waals surface area contributed by atoms with E-state index in [0.717, 1.165) is 0 Å². The largest absolute Gasteiger partial charge is 0.505 e. The van der Waals surface area contributed by atoms with Crippen LogP contribution in [0, 0.1) is 0 Å². The summed E-state index contributed by atoms with van der Waals surface area (Å²) in [6, 6.07) is 0. The molecule has 0 amide bonds. The summed E-state index contributed by atoms with van der Waals surface area (Å²) >= 11 is 0. The Bertz CT molecular complexity index is 158. The van der Waals surface area contributed by atoms with Crippen molar-refractivity contribution in [1.82, 2.24) is 0 Å².